The Hall–Kier alpha value is -1.61. The molecule has 18 heavy (non-hydrogen) atoms. The monoisotopic (exact) mass is 244 g/mol. The molecule has 1 aliphatic rings. The Morgan fingerprint density at radius 1 is 1.22 bits per heavy atom. The summed E-state index contributed by atoms with van der Waals surface area (Å²) in [6.07, 6.45) is 1.80. The largest absolute Gasteiger partial charge is 0.458 e. The third-order valence-corrected chi connectivity index (χ3v) is 3.77. The van der Waals surface area contributed by atoms with E-state index >= 15 is 0 Å². The van der Waals surface area contributed by atoms with Crippen LogP contribution >= 0.6 is 0 Å². The van der Waals surface area contributed by atoms with Gasteiger partial charge in [0.2, 0.25) is 0 Å². The minimum atomic E-state index is -0.971. The van der Waals surface area contributed by atoms with Crippen molar-refractivity contribution >= 4 is 16.8 Å². The summed E-state index contributed by atoms with van der Waals surface area (Å²) in [6.45, 7) is 2.03. The van der Waals surface area contributed by atoms with E-state index < -0.39 is 5.60 Å². The number of hydrogen-bond donors (Lipinski definition) is 1. The van der Waals surface area contributed by atoms with Gasteiger partial charge < -0.3 is 9.52 Å². The molecule has 3 nitrogen and oxygen atoms in total. The second kappa shape index (κ2) is 3.95. The first-order valence-electron chi connectivity index (χ1n) is 6.32. The van der Waals surface area contributed by atoms with Crippen LogP contribution in [0.2, 0.25) is 0 Å². The lowest BCUT2D eigenvalue weighted by Gasteiger charge is -2.29. The first-order valence-corrected chi connectivity index (χ1v) is 6.32. The summed E-state index contributed by atoms with van der Waals surface area (Å²) >= 11 is 0. The number of benzene rings is 1. The number of carbonyl (C=O) groups is 1. The van der Waals surface area contributed by atoms with Crippen LogP contribution in [0.1, 0.15) is 37.0 Å². The molecule has 1 fully saturated rings. The van der Waals surface area contributed by atoms with Gasteiger partial charge in [-0.2, -0.15) is 0 Å². The average molecular weight is 244 g/mol. The van der Waals surface area contributed by atoms with Crippen LogP contribution in [0.4, 0.5) is 0 Å². The van der Waals surface area contributed by atoms with Crippen LogP contribution in [0.15, 0.2) is 28.7 Å². The van der Waals surface area contributed by atoms with E-state index in [-0.39, 0.29) is 5.78 Å². The van der Waals surface area contributed by atoms with Gasteiger partial charge >= 0.3 is 0 Å². The molecular formula is C15H16O3. The van der Waals surface area contributed by atoms with E-state index in [1.54, 1.807) is 0 Å². The molecule has 3 rings (SSSR count). The number of aryl methyl sites for hydroxylation is 1. The van der Waals surface area contributed by atoms with E-state index in [0.29, 0.717) is 31.4 Å². The minimum absolute atomic E-state index is 0.228. The number of hydrogen-bond acceptors (Lipinski definition) is 3. The Bertz CT molecular complexity index is 599. The van der Waals surface area contributed by atoms with Crippen molar-refractivity contribution in [1.29, 1.82) is 0 Å². The highest BCUT2D eigenvalue weighted by atomic mass is 16.4. The van der Waals surface area contributed by atoms with Gasteiger partial charge in [-0.15, -0.1) is 0 Å². The van der Waals surface area contributed by atoms with Gasteiger partial charge in [0.05, 0.1) is 0 Å². The minimum Gasteiger partial charge on any atom is -0.458 e. The van der Waals surface area contributed by atoms with Crippen LogP contribution in [0.3, 0.4) is 0 Å². The molecular weight excluding hydrogens is 228 g/mol. The van der Waals surface area contributed by atoms with E-state index in [9.17, 15) is 9.90 Å². The lowest BCUT2D eigenvalue weighted by atomic mass is 9.82. The molecule has 3 heteroatoms. The predicted octanol–water partition coefficient (Wildman–Crippen LogP) is 3.07. The van der Waals surface area contributed by atoms with Crippen molar-refractivity contribution in [3.8, 4) is 0 Å². The average Bonchev–Trinajstić information content (AvgIpc) is 2.77. The van der Waals surface area contributed by atoms with Crippen molar-refractivity contribution in [3.05, 3.63) is 35.6 Å². The van der Waals surface area contributed by atoms with Gasteiger partial charge in [-0.25, -0.2) is 0 Å². The lowest BCUT2D eigenvalue weighted by Crippen LogP contribution is -2.31. The number of Topliss-reactive ketones (excluding diaryl/α,β-unsaturated/α-hetero) is 1. The number of ketones is 1. The highest BCUT2D eigenvalue weighted by Crippen LogP contribution is 2.38. The number of carbonyl (C=O) groups excluding carboxylic acids is 1. The normalized spacial score (nSPS) is 19.3. The fourth-order valence-electron chi connectivity index (χ4n) is 2.58. The summed E-state index contributed by atoms with van der Waals surface area (Å²) in [7, 11) is 0. The van der Waals surface area contributed by atoms with Crippen molar-refractivity contribution < 1.29 is 14.3 Å². The van der Waals surface area contributed by atoms with Gasteiger partial charge in [0.15, 0.2) is 0 Å². The molecule has 0 unspecified atom stereocenters. The maximum Gasteiger partial charge on any atom is 0.136 e. The molecule has 1 N–H and O–H groups in total. The second-order valence-electron chi connectivity index (χ2n) is 5.22. The van der Waals surface area contributed by atoms with Gasteiger partial charge in [-0.3, -0.25) is 4.79 Å². The standard InChI is InChI=1S/C15H16O3/c1-10-2-3-13-11(8-10)9-14(18-13)15(17)6-4-12(16)5-7-15/h2-3,8-9,17H,4-7H2,1H3. The fraction of sp³-hybridized carbons (Fsp3) is 0.400. The molecule has 0 radical (unpaired) electrons. The third-order valence-electron chi connectivity index (χ3n) is 3.77. The van der Waals surface area contributed by atoms with E-state index in [4.69, 9.17) is 4.42 Å². The van der Waals surface area contributed by atoms with Crippen LogP contribution in [-0.4, -0.2) is 10.9 Å². The molecule has 94 valence electrons. The topological polar surface area (TPSA) is 50.4 Å². The van der Waals surface area contributed by atoms with Crippen molar-refractivity contribution in [2.45, 2.75) is 38.2 Å². The fourth-order valence-corrected chi connectivity index (χ4v) is 2.58. The Morgan fingerprint density at radius 3 is 2.67 bits per heavy atom. The number of fused-ring (bicyclic) bond motifs is 1. The van der Waals surface area contributed by atoms with Crippen LogP contribution in [0.5, 0.6) is 0 Å². The lowest BCUT2D eigenvalue weighted by molar-refractivity contribution is -0.126. The first kappa shape index (κ1) is 11.5. The van der Waals surface area contributed by atoms with Crippen molar-refractivity contribution in [2.75, 3.05) is 0 Å². The Morgan fingerprint density at radius 2 is 1.94 bits per heavy atom. The van der Waals surface area contributed by atoms with E-state index in [0.717, 1.165) is 11.0 Å². The number of furan rings is 1. The van der Waals surface area contributed by atoms with Gasteiger partial charge in [0.25, 0.3) is 0 Å². The highest BCUT2D eigenvalue weighted by molar-refractivity contribution is 5.81. The summed E-state index contributed by atoms with van der Waals surface area (Å²) < 4.78 is 5.74. The van der Waals surface area contributed by atoms with Crippen molar-refractivity contribution in [3.63, 3.8) is 0 Å². The Kier molecular flexibility index (Phi) is 2.52. The number of aliphatic hydroxyl groups is 1. The quantitative estimate of drug-likeness (QED) is 0.838. The molecule has 1 aromatic heterocycles. The Balaban J connectivity index is 2.01. The molecule has 1 aromatic carbocycles. The molecule has 0 bridgehead atoms. The maximum atomic E-state index is 11.3. The van der Waals surface area contributed by atoms with Gasteiger partial charge in [0.1, 0.15) is 22.7 Å². The SMILES string of the molecule is Cc1ccc2oc(C3(O)CCC(=O)CC3)cc2c1. The smallest absolute Gasteiger partial charge is 0.136 e. The summed E-state index contributed by atoms with van der Waals surface area (Å²) in [5.41, 5.74) is 0.988. The van der Waals surface area contributed by atoms with Crippen LogP contribution < -0.4 is 0 Å². The zero-order valence-corrected chi connectivity index (χ0v) is 10.4. The molecule has 0 aliphatic heterocycles. The van der Waals surface area contributed by atoms with Crippen LogP contribution in [0, 0.1) is 6.92 Å². The highest BCUT2D eigenvalue weighted by Gasteiger charge is 2.37. The Labute approximate surface area is 105 Å². The second-order valence-corrected chi connectivity index (χ2v) is 5.22. The predicted molar refractivity (Wildman–Crippen MR) is 68.3 cm³/mol. The summed E-state index contributed by atoms with van der Waals surface area (Å²) in [5, 5.41) is 11.6. The molecule has 1 saturated carbocycles. The van der Waals surface area contributed by atoms with Gasteiger partial charge in [-0.05, 0) is 38.0 Å². The van der Waals surface area contributed by atoms with E-state index in [1.807, 2.05) is 31.2 Å². The molecule has 1 heterocycles. The third kappa shape index (κ3) is 1.85. The molecule has 1 aliphatic carbocycles. The van der Waals surface area contributed by atoms with Gasteiger partial charge in [-0.1, -0.05) is 11.6 Å². The van der Waals surface area contributed by atoms with Crippen LogP contribution in [-0.2, 0) is 10.4 Å². The first-order chi connectivity index (χ1) is 8.57. The summed E-state index contributed by atoms with van der Waals surface area (Å²) in [5.74, 6) is 0.822. The summed E-state index contributed by atoms with van der Waals surface area (Å²) in [6, 6.07) is 7.85. The molecule has 0 amide bonds. The van der Waals surface area contributed by atoms with Crippen molar-refractivity contribution in [2.24, 2.45) is 0 Å². The van der Waals surface area contributed by atoms with Crippen molar-refractivity contribution in [1.82, 2.24) is 0 Å². The molecule has 0 saturated heterocycles. The van der Waals surface area contributed by atoms with E-state index in [2.05, 4.69) is 0 Å². The maximum absolute atomic E-state index is 11.3. The van der Waals surface area contributed by atoms with Gasteiger partial charge in [0, 0.05) is 18.2 Å². The molecule has 0 atom stereocenters. The zero-order chi connectivity index (χ0) is 12.8. The molecule has 0 spiro atoms. The number of rotatable bonds is 1. The van der Waals surface area contributed by atoms with E-state index in [1.165, 1.54) is 5.56 Å². The zero-order valence-electron chi connectivity index (χ0n) is 10.4. The summed E-state index contributed by atoms with van der Waals surface area (Å²) in [4.78, 5) is 11.3. The molecule has 2 aromatic rings. The van der Waals surface area contributed by atoms with Crippen LogP contribution in [0.25, 0.3) is 11.0 Å².